The zero-order chi connectivity index (χ0) is 21.3. The maximum absolute atomic E-state index is 13.0. The minimum atomic E-state index is -0.844. The van der Waals surface area contributed by atoms with Crippen molar-refractivity contribution in [2.45, 2.75) is 38.3 Å². The molecule has 0 radical (unpaired) electrons. The van der Waals surface area contributed by atoms with Crippen molar-refractivity contribution in [3.8, 4) is 5.75 Å². The number of halogens is 1. The molecule has 1 aliphatic heterocycles. The van der Waals surface area contributed by atoms with Gasteiger partial charge in [0, 0.05) is 31.6 Å². The van der Waals surface area contributed by atoms with Gasteiger partial charge in [-0.15, -0.1) is 0 Å². The Morgan fingerprint density at radius 3 is 2.60 bits per heavy atom. The molecule has 1 aromatic heterocycles. The quantitative estimate of drug-likeness (QED) is 0.578. The van der Waals surface area contributed by atoms with Crippen LogP contribution >= 0.6 is 0 Å². The number of amides is 1. The molecular weight excluding hydrogens is 385 g/mol. The Morgan fingerprint density at radius 2 is 1.93 bits per heavy atom. The maximum Gasteiger partial charge on any atom is 0.242 e. The van der Waals surface area contributed by atoms with Crippen LogP contribution in [0.15, 0.2) is 42.5 Å². The van der Waals surface area contributed by atoms with Crippen molar-refractivity contribution in [3.63, 3.8) is 0 Å². The van der Waals surface area contributed by atoms with E-state index in [-0.39, 0.29) is 11.9 Å². The fourth-order valence-electron chi connectivity index (χ4n) is 3.54. The van der Waals surface area contributed by atoms with Crippen LogP contribution in [0.5, 0.6) is 5.75 Å². The van der Waals surface area contributed by atoms with E-state index in [2.05, 4.69) is 15.2 Å². The Bertz CT molecular complexity index is 1040. The molecule has 1 fully saturated rings. The minimum Gasteiger partial charge on any atom is -0.490 e. The van der Waals surface area contributed by atoms with Crippen molar-refractivity contribution < 1.29 is 13.9 Å². The predicted molar refractivity (Wildman–Crippen MR) is 115 cm³/mol. The van der Waals surface area contributed by atoms with Gasteiger partial charge in [0.1, 0.15) is 23.2 Å². The third kappa shape index (κ3) is 4.32. The van der Waals surface area contributed by atoms with Gasteiger partial charge in [-0.25, -0.2) is 9.37 Å². The molecule has 0 unspecified atom stereocenters. The lowest BCUT2D eigenvalue weighted by Crippen LogP contribution is -2.44. The van der Waals surface area contributed by atoms with Gasteiger partial charge in [0.25, 0.3) is 0 Å². The average Bonchev–Trinajstić information content (AvgIpc) is 3.13. The second-order valence-electron chi connectivity index (χ2n) is 8.16. The zero-order valence-corrected chi connectivity index (χ0v) is 17.1. The number of nitrogens with zero attached hydrogens (tertiary/aromatic N) is 2. The van der Waals surface area contributed by atoms with Crippen LogP contribution in [0.2, 0.25) is 0 Å². The summed E-state index contributed by atoms with van der Waals surface area (Å²) in [5.74, 6) is 0.825. The highest BCUT2D eigenvalue weighted by atomic mass is 19.1. The van der Waals surface area contributed by atoms with Crippen LogP contribution < -0.4 is 20.7 Å². The number of ether oxygens (including phenoxy) is 1. The molecule has 1 saturated heterocycles. The molecule has 4 rings (SSSR count). The Morgan fingerprint density at radius 1 is 1.23 bits per heavy atom. The van der Waals surface area contributed by atoms with Gasteiger partial charge in [0.15, 0.2) is 0 Å². The first-order valence-corrected chi connectivity index (χ1v) is 10.1. The molecule has 0 bridgehead atoms. The van der Waals surface area contributed by atoms with E-state index in [9.17, 15) is 9.18 Å². The molecule has 0 saturated carbocycles. The third-order valence-corrected chi connectivity index (χ3v) is 5.40. The lowest BCUT2D eigenvalue weighted by molar-refractivity contribution is -0.121. The van der Waals surface area contributed by atoms with E-state index in [4.69, 9.17) is 15.5 Å². The highest BCUT2D eigenvalue weighted by Crippen LogP contribution is 2.26. The monoisotopic (exact) mass is 411 g/mol. The first kappa shape index (κ1) is 20.0. The fourth-order valence-corrected chi connectivity index (χ4v) is 3.54. The number of aromatic nitrogens is 2. The largest absolute Gasteiger partial charge is 0.490 e. The van der Waals surface area contributed by atoms with Crippen LogP contribution in [0.4, 0.5) is 16.0 Å². The van der Waals surface area contributed by atoms with Crippen LogP contribution in [0, 0.1) is 5.82 Å². The standard InChI is InChI=1S/C22H26FN5O2/c1-22(2,20(24)29)27-15-5-8-18-19(13-15)26-21(25-18)28-11-9-17(10-12-28)30-16-6-3-14(23)4-7-16/h3-8,13,17,27H,9-12H2,1-2H3,(H2,24,29)(H,25,26). The number of carbonyl (C=O) groups excluding carboxylic acids is 1. The Balaban J connectivity index is 1.40. The number of hydrogen-bond donors (Lipinski definition) is 3. The number of imidazole rings is 1. The number of fused-ring (bicyclic) bond motifs is 1. The zero-order valence-electron chi connectivity index (χ0n) is 17.1. The fraction of sp³-hybridized carbons (Fsp3) is 0.364. The molecule has 0 spiro atoms. The van der Waals surface area contributed by atoms with E-state index >= 15 is 0 Å². The van der Waals surface area contributed by atoms with Crippen LogP contribution in [0.25, 0.3) is 11.0 Å². The smallest absolute Gasteiger partial charge is 0.242 e. The maximum atomic E-state index is 13.0. The summed E-state index contributed by atoms with van der Waals surface area (Å²) in [6.07, 6.45) is 1.81. The molecule has 1 aliphatic rings. The van der Waals surface area contributed by atoms with Crippen LogP contribution in [-0.2, 0) is 4.79 Å². The summed E-state index contributed by atoms with van der Waals surface area (Å²) < 4.78 is 19.0. The number of carbonyl (C=O) groups is 1. The Labute approximate surface area is 174 Å². The number of anilines is 2. The van der Waals surface area contributed by atoms with Gasteiger partial charge in [-0.05, 0) is 56.3 Å². The SMILES string of the molecule is CC(C)(Nc1ccc2nc(N3CCC(Oc4ccc(F)cc4)CC3)[nH]c2c1)C(N)=O. The average molecular weight is 411 g/mol. The normalized spacial score (nSPS) is 15.4. The summed E-state index contributed by atoms with van der Waals surface area (Å²) >= 11 is 0. The molecule has 0 atom stereocenters. The highest BCUT2D eigenvalue weighted by Gasteiger charge is 2.25. The van der Waals surface area contributed by atoms with Gasteiger partial charge in [0.05, 0.1) is 11.0 Å². The molecule has 1 amide bonds. The van der Waals surface area contributed by atoms with Crippen molar-refractivity contribution in [1.82, 2.24) is 9.97 Å². The van der Waals surface area contributed by atoms with Gasteiger partial charge in [0.2, 0.25) is 11.9 Å². The van der Waals surface area contributed by atoms with Crippen molar-refractivity contribution in [2.24, 2.45) is 5.73 Å². The first-order valence-electron chi connectivity index (χ1n) is 10.1. The topological polar surface area (TPSA) is 96.3 Å². The molecule has 2 heterocycles. The summed E-state index contributed by atoms with van der Waals surface area (Å²) in [5.41, 5.74) is 7.15. The van der Waals surface area contributed by atoms with Crippen LogP contribution in [0.3, 0.4) is 0 Å². The summed E-state index contributed by atoms with van der Waals surface area (Å²) in [7, 11) is 0. The number of nitrogens with one attached hydrogen (secondary N) is 2. The summed E-state index contributed by atoms with van der Waals surface area (Å²) in [5, 5.41) is 3.16. The van der Waals surface area contributed by atoms with Gasteiger partial charge < -0.3 is 25.7 Å². The molecule has 3 aromatic rings. The van der Waals surface area contributed by atoms with Crippen molar-refractivity contribution in [3.05, 3.63) is 48.3 Å². The molecule has 2 aromatic carbocycles. The van der Waals surface area contributed by atoms with E-state index in [0.29, 0.717) is 5.75 Å². The van der Waals surface area contributed by atoms with Crippen molar-refractivity contribution in [1.29, 1.82) is 0 Å². The van der Waals surface area contributed by atoms with E-state index in [1.165, 1.54) is 12.1 Å². The number of nitrogens with two attached hydrogens (primary N) is 1. The number of hydrogen-bond acceptors (Lipinski definition) is 5. The molecule has 158 valence electrons. The summed E-state index contributed by atoms with van der Waals surface area (Å²) in [4.78, 5) is 21.8. The van der Waals surface area contributed by atoms with E-state index in [0.717, 1.165) is 48.6 Å². The highest BCUT2D eigenvalue weighted by molar-refractivity contribution is 5.88. The number of H-pyrrole nitrogens is 1. The van der Waals surface area contributed by atoms with Crippen LogP contribution in [-0.4, -0.2) is 40.6 Å². The third-order valence-electron chi connectivity index (χ3n) is 5.40. The van der Waals surface area contributed by atoms with Crippen molar-refractivity contribution in [2.75, 3.05) is 23.3 Å². The van der Waals surface area contributed by atoms with Crippen molar-refractivity contribution >= 4 is 28.6 Å². The number of primary amides is 1. The summed E-state index contributed by atoms with van der Waals surface area (Å²) in [6.45, 7) is 5.11. The minimum absolute atomic E-state index is 0.0999. The molecular formula is C22H26FN5O2. The van der Waals surface area contributed by atoms with E-state index in [1.54, 1.807) is 26.0 Å². The molecule has 4 N–H and O–H groups in total. The molecule has 0 aliphatic carbocycles. The molecule has 8 heteroatoms. The molecule has 7 nitrogen and oxygen atoms in total. The summed E-state index contributed by atoms with van der Waals surface area (Å²) in [6, 6.07) is 11.9. The predicted octanol–water partition coefficient (Wildman–Crippen LogP) is 3.43. The number of rotatable bonds is 6. The second kappa shape index (κ2) is 7.85. The first-order chi connectivity index (χ1) is 14.3. The van der Waals surface area contributed by atoms with E-state index < -0.39 is 11.4 Å². The lowest BCUT2D eigenvalue weighted by atomic mass is 10.0. The van der Waals surface area contributed by atoms with Gasteiger partial charge in [-0.2, -0.15) is 0 Å². The number of aromatic amines is 1. The lowest BCUT2D eigenvalue weighted by Gasteiger charge is -2.31. The number of piperidine rings is 1. The van der Waals surface area contributed by atoms with Gasteiger partial charge >= 0.3 is 0 Å². The van der Waals surface area contributed by atoms with Gasteiger partial charge in [-0.3, -0.25) is 4.79 Å². The van der Waals surface area contributed by atoms with E-state index in [1.807, 2.05) is 18.2 Å². The van der Waals surface area contributed by atoms with Gasteiger partial charge in [-0.1, -0.05) is 0 Å². The Kier molecular flexibility index (Phi) is 5.24. The van der Waals surface area contributed by atoms with Crippen LogP contribution in [0.1, 0.15) is 26.7 Å². The Hall–Kier alpha value is -3.29. The molecule has 30 heavy (non-hydrogen) atoms. The number of benzene rings is 2. The second-order valence-corrected chi connectivity index (χ2v) is 8.16.